The molecule has 0 saturated heterocycles. The van der Waals surface area contributed by atoms with Gasteiger partial charge < -0.3 is 14.9 Å². The van der Waals surface area contributed by atoms with Crippen molar-refractivity contribution in [3.05, 3.63) is 17.7 Å². The minimum Gasteiger partial charge on any atom is -0.504 e. The quantitative estimate of drug-likeness (QED) is 0.773. The third kappa shape index (κ3) is 1.65. The summed E-state index contributed by atoms with van der Waals surface area (Å²) in [5, 5.41) is 19.3. The Labute approximate surface area is 101 Å². The molecular weight excluding hydrogens is 216 g/mol. The maximum Gasteiger partial charge on any atom is 0.200 e. The van der Waals surface area contributed by atoms with Crippen LogP contribution < -0.4 is 4.74 Å². The van der Waals surface area contributed by atoms with Crippen LogP contribution in [0.4, 0.5) is 0 Å². The molecule has 0 aromatic heterocycles. The number of benzene rings is 1. The molecule has 3 rings (SSSR count). The monoisotopic (exact) mass is 234 g/mol. The van der Waals surface area contributed by atoms with Crippen molar-refractivity contribution < 1.29 is 14.9 Å². The lowest BCUT2D eigenvalue weighted by atomic mass is 9.83. The van der Waals surface area contributed by atoms with Crippen molar-refractivity contribution in [2.75, 3.05) is 7.11 Å². The summed E-state index contributed by atoms with van der Waals surface area (Å²) in [5.74, 6) is 2.32. The predicted octanol–water partition coefficient (Wildman–Crippen LogP) is 3.01. The second-order valence-electron chi connectivity index (χ2n) is 5.37. The Kier molecular flexibility index (Phi) is 2.42. The fourth-order valence-corrected chi connectivity index (χ4v) is 3.64. The summed E-state index contributed by atoms with van der Waals surface area (Å²) in [7, 11) is 1.51. The van der Waals surface area contributed by atoms with Crippen LogP contribution in [0.5, 0.6) is 17.2 Å². The number of methoxy groups -OCH3 is 1. The number of ether oxygens (including phenoxy) is 1. The van der Waals surface area contributed by atoms with Crippen molar-refractivity contribution in [2.45, 2.75) is 31.6 Å². The SMILES string of the molecule is COc1cc(C2CC3CCC2C3)cc(O)c1O. The van der Waals surface area contributed by atoms with Crippen molar-refractivity contribution in [2.24, 2.45) is 11.8 Å². The second kappa shape index (κ2) is 3.83. The maximum absolute atomic E-state index is 9.71. The molecule has 92 valence electrons. The van der Waals surface area contributed by atoms with E-state index in [-0.39, 0.29) is 11.5 Å². The molecule has 0 aliphatic heterocycles. The molecule has 3 heteroatoms. The summed E-state index contributed by atoms with van der Waals surface area (Å²) in [6.07, 6.45) is 5.22. The van der Waals surface area contributed by atoms with E-state index in [0.717, 1.165) is 17.4 Å². The van der Waals surface area contributed by atoms with Crippen LogP contribution in [0.3, 0.4) is 0 Å². The Morgan fingerprint density at radius 1 is 1.18 bits per heavy atom. The average molecular weight is 234 g/mol. The highest BCUT2D eigenvalue weighted by atomic mass is 16.5. The van der Waals surface area contributed by atoms with Gasteiger partial charge in [-0.1, -0.05) is 6.42 Å². The van der Waals surface area contributed by atoms with Crippen molar-refractivity contribution >= 4 is 0 Å². The summed E-state index contributed by atoms with van der Waals surface area (Å²) in [5.41, 5.74) is 1.12. The molecule has 0 heterocycles. The Balaban J connectivity index is 1.95. The molecule has 3 unspecified atom stereocenters. The molecule has 3 atom stereocenters. The number of rotatable bonds is 2. The van der Waals surface area contributed by atoms with Crippen LogP contribution in [0.15, 0.2) is 12.1 Å². The van der Waals surface area contributed by atoms with Crippen molar-refractivity contribution in [1.82, 2.24) is 0 Å². The third-order valence-corrected chi connectivity index (χ3v) is 4.46. The summed E-state index contributed by atoms with van der Waals surface area (Å²) in [6, 6.07) is 3.57. The van der Waals surface area contributed by atoms with E-state index in [1.165, 1.54) is 32.8 Å². The second-order valence-corrected chi connectivity index (χ2v) is 5.37. The fourth-order valence-electron chi connectivity index (χ4n) is 3.64. The van der Waals surface area contributed by atoms with Crippen LogP contribution in [0.2, 0.25) is 0 Å². The number of hydrogen-bond donors (Lipinski definition) is 2. The van der Waals surface area contributed by atoms with E-state index in [0.29, 0.717) is 11.7 Å². The molecule has 2 bridgehead atoms. The molecule has 0 spiro atoms. The van der Waals surface area contributed by atoms with Gasteiger partial charge in [0.1, 0.15) is 0 Å². The molecule has 2 aliphatic rings. The lowest BCUT2D eigenvalue weighted by molar-refractivity contribution is 0.347. The minimum atomic E-state index is -0.153. The summed E-state index contributed by atoms with van der Waals surface area (Å²) >= 11 is 0. The first-order valence-corrected chi connectivity index (χ1v) is 6.29. The van der Waals surface area contributed by atoms with E-state index < -0.39 is 0 Å². The first-order valence-electron chi connectivity index (χ1n) is 6.29. The van der Waals surface area contributed by atoms with Crippen molar-refractivity contribution in [3.63, 3.8) is 0 Å². The lowest BCUT2D eigenvalue weighted by Gasteiger charge is -2.23. The Bertz CT molecular complexity index is 441. The number of phenolic OH excluding ortho intramolecular Hbond substituents is 2. The topological polar surface area (TPSA) is 49.7 Å². The number of hydrogen-bond acceptors (Lipinski definition) is 3. The van der Waals surface area contributed by atoms with Crippen LogP contribution in [0.25, 0.3) is 0 Å². The van der Waals surface area contributed by atoms with Gasteiger partial charge in [-0.15, -0.1) is 0 Å². The van der Waals surface area contributed by atoms with Crippen molar-refractivity contribution in [1.29, 1.82) is 0 Å². The van der Waals surface area contributed by atoms with Gasteiger partial charge in [-0.2, -0.15) is 0 Å². The number of aromatic hydroxyl groups is 2. The van der Waals surface area contributed by atoms with Gasteiger partial charge in [0.05, 0.1) is 7.11 Å². The number of fused-ring (bicyclic) bond motifs is 2. The molecule has 2 N–H and O–H groups in total. The van der Waals surface area contributed by atoms with E-state index in [9.17, 15) is 10.2 Å². The molecule has 2 aliphatic carbocycles. The van der Waals surface area contributed by atoms with Crippen molar-refractivity contribution in [3.8, 4) is 17.2 Å². The molecule has 17 heavy (non-hydrogen) atoms. The highest BCUT2D eigenvalue weighted by molar-refractivity contribution is 5.53. The zero-order chi connectivity index (χ0) is 12.0. The van der Waals surface area contributed by atoms with Crippen LogP contribution in [-0.4, -0.2) is 17.3 Å². The van der Waals surface area contributed by atoms with Crippen LogP contribution in [-0.2, 0) is 0 Å². The van der Waals surface area contributed by atoms with Crippen LogP contribution in [0.1, 0.15) is 37.2 Å². The van der Waals surface area contributed by atoms with Gasteiger partial charge in [-0.3, -0.25) is 0 Å². The van der Waals surface area contributed by atoms with Gasteiger partial charge in [0.15, 0.2) is 11.5 Å². The average Bonchev–Trinajstić information content (AvgIpc) is 2.94. The molecule has 0 radical (unpaired) electrons. The molecule has 1 aromatic rings. The van der Waals surface area contributed by atoms with E-state index in [1.807, 2.05) is 6.07 Å². The standard InChI is InChI=1S/C14H18O3/c1-17-13-7-10(6-12(15)14(13)16)11-5-8-2-3-9(11)4-8/h6-9,11,15-16H,2-5H2,1H3. The highest BCUT2D eigenvalue weighted by Gasteiger charge is 2.40. The number of phenols is 2. The van der Waals surface area contributed by atoms with Gasteiger partial charge in [0.2, 0.25) is 5.75 Å². The largest absolute Gasteiger partial charge is 0.504 e. The molecule has 2 fully saturated rings. The summed E-state index contributed by atoms with van der Waals surface area (Å²) in [4.78, 5) is 0. The Morgan fingerprint density at radius 3 is 2.59 bits per heavy atom. The van der Waals surface area contributed by atoms with Gasteiger partial charge in [0.25, 0.3) is 0 Å². The Morgan fingerprint density at radius 2 is 2.00 bits per heavy atom. The molecule has 0 amide bonds. The summed E-state index contributed by atoms with van der Waals surface area (Å²) in [6.45, 7) is 0. The van der Waals surface area contributed by atoms with Crippen LogP contribution in [0, 0.1) is 11.8 Å². The highest BCUT2D eigenvalue weighted by Crippen LogP contribution is 2.54. The lowest BCUT2D eigenvalue weighted by Crippen LogP contribution is -2.08. The third-order valence-electron chi connectivity index (χ3n) is 4.46. The van der Waals surface area contributed by atoms with Gasteiger partial charge in [0, 0.05) is 0 Å². The molecule has 2 saturated carbocycles. The molecule has 3 nitrogen and oxygen atoms in total. The first kappa shape index (κ1) is 10.8. The summed E-state index contributed by atoms with van der Waals surface area (Å²) < 4.78 is 5.10. The zero-order valence-electron chi connectivity index (χ0n) is 10.0. The normalized spacial score (nSPS) is 30.8. The van der Waals surface area contributed by atoms with E-state index >= 15 is 0 Å². The minimum absolute atomic E-state index is 0.0675. The van der Waals surface area contributed by atoms with Gasteiger partial charge >= 0.3 is 0 Å². The van der Waals surface area contributed by atoms with E-state index in [2.05, 4.69) is 0 Å². The van der Waals surface area contributed by atoms with Gasteiger partial charge in [-0.25, -0.2) is 0 Å². The maximum atomic E-state index is 9.71. The van der Waals surface area contributed by atoms with Gasteiger partial charge in [-0.05, 0) is 54.7 Å². The van der Waals surface area contributed by atoms with E-state index in [4.69, 9.17) is 4.74 Å². The predicted molar refractivity (Wildman–Crippen MR) is 64.5 cm³/mol. The fraction of sp³-hybridized carbons (Fsp3) is 0.571. The Hall–Kier alpha value is -1.38. The zero-order valence-corrected chi connectivity index (χ0v) is 10.0. The molecule has 1 aromatic carbocycles. The first-order chi connectivity index (χ1) is 8.19. The molecular formula is C14H18O3. The van der Waals surface area contributed by atoms with E-state index in [1.54, 1.807) is 6.07 Å². The van der Waals surface area contributed by atoms with Crippen LogP contribution >= 0.6 is 0 Å². The smallest absolute Gasteiger partial charge is 0.200 e.